The minimum atomic E-state index is -2.97. The van der Waals surface area contributed by atoms with E-state index in [1.807, 2.05) is 13.8 Å². The van der Waals surface area contributed by atoms with Crippen molar-refractivity contribution in [1.82, 2.24) is 0 Å². The highest BCUT2D eigenvalue weighted by atomic mass is 79.9. The molecule has 21 heavy (non-hydrogen) atoms. The standard InChI is InChI=1S/C16H23BrO3S/c1-11-7-13(10-17)8-12(2)16(11)20-14-5-4-6-15(9-14)21(3,18)19/h7-8,14-15H,4-6,9-10H2,1-3H3. The molecular weight excluding hydrogens is 352 g/mol. The highest BCUT2D eigenvalue weighted by Crippen LogP contribution is 2.31. The van der Waals surface area contributed by atoms with Crippen molar-refractivity contribution in [3.8, 4) is 5.75 Å². The fourth-order valence-electron chi connectivity index (χ4n) is 3.07. The molecule has 2 unspecified atom stereocenters. The van der Waals surface area contributed by atoms with Crippen molar-refractivity contribution < 1.29 is 13.2 Å². The molecule has 0 amide bonds. The molecule has 1 aromatic rings. The lowest BCUT2D eigenvalue weighted by molar-refractivity contribution is 0.154. The van der Waals surface area contributed by atoms with Gasteiger partial charge in [-0.25, -0.2) is 8.42 Å². The normalized spacial score (nSPS) is 23.0. The minimum Gasteiger partial charge on any atom is -0.490 e. The van der Waals surface area contributed by atoms with Crippen LogP contribution in [-0.4, -0.2) is 26.0 Å². The van der Waals surface area contributed by atoms with E-state index in [1.165, 1.54) is 11.8 Å². The number of hydrogen-bond acceptors (Lipinski definition) is 3. The smallest absolute Gasteiger partial charge is 0.150 e. The van der Waals surface area contributed by atoms with Gasteiger partial charge in [-0.15, -0.1) is 0 Å². The van der Waals surface area contributed by atoms with E-state index in [0.29, 0.717) is 6.42 Å². The van der Waals surface area contributed by atoms with Crippen LogP contribution in [0.5, 0.6) is 5.75 Å². The first-order chi connectivity index (χ1) is 9.81. The van der Waals surface area contributed by atoms with Gasteiger partial charge in [-0.1, -0.05) is 28.1 Å². The monoisotopic (exact) mass is 374 g/mol. The third kappa shape index (κ3) is 4.22. The van der Waals surface area contributed by atoms with E-state index in [4.69, 9.17) is 4.74 Å². The van der Waals surface area contributed by atoms with Crippen molar-refractivity contribution in [2.45, 2.75) is 56.2 Å². The van der Waals surface area contributed by atoms with Gasteiger partial charge in [-0.05, 0) is 49.8 Å². The number of rotatable bonds is 4. The lowest BCUT2D eigenvalue weighted by Crippen LogP contribution is -2.33. The van der Waals surface area contributed by atoms with Crippen molar-refractivity contribution in [3.05, 3.63) is 28.8 Å². The molecule has 0 N–H and O–H groups in total. The molecular formula is C16H23BrO3S. The van der Waals surface area contributed by atoms with Crippen LogP contribution in [0.25, 0.3) is 0 Å². The Labute approximate surface area is 136 Å². The van der Waals surface area contributed by atoms with Gasteiger partial charge in [0, 0.05) is 18.0 Å². The zero-order chi connectivity index (χ0) is 15.6. The van der Waals surface area contributed by atoms with Crippen LogP contribution in [-0.2, 0) is 15.2 Å². The van der Waals surface area contributed by atoms with E-state index < -0.39 is 9.84 Å². The molecule has 1 aliphatic rings. The summed E-state index contributed by atoms with van der Waals surface area (Å²) in [6.45, 7) is 4.09. The fourth-order valence-corrected chi connectivity index (χ4v) is 4.55. The number of alkyl halides is 1. The predicted molar refractivity (Wildman–Crippen MR) is 90.1 cm³/mol. The van der Waals surface area contributed by atoms with Crippen molar-refractivity contribution in [3.63, 3.8) is 0 Å². The first kappa shape index (κ1) is 16.8. The average Bonchev–Trinajstić information content (AvgIpc) is 2.42. The summed E-state index contributed by atoms with van der Waals surface area (Å²) in [5, 5.41) is 0.577. The zero-order valence-corrected chi connectivity index (χ0v) is 15.3. The van der Waals surface area contributed by atoms with Crippen molar-refractivity contribution in [2.24, 2.45) is 0 Å². The Hall–Kier alpha value is -0.550. The largest absolute Gasteiger partial charge is 0.490 e. The summed E-state index contributed by atoms with van der Waals surface area (Å²) in [5.74, 6) is 0.916. The Kier molecular flexibility index (Phi) is 5.36. The summed E-state index contributed by atoms with van der Waals surface area (Å²) >= 11 is 3.47. The van der Waals surface area contributed by atoms with Gasteiger partial charge in [-0.2, -0.15) is 0 Å². The van der Waals surface area contributed by atoms with Crippen LogP contribution in [0.2, 0.25) is 0 Å². The number of benzene rings is 1. The third-order valence-electron chi connectivity index (χ3n) is 4.14. The van der Waals surface area contributed by atoms with Gasteiger partial charge in [0.15, 0.2) is 0 Å². The van der Waals surface area contributed by atoms with E-state index in [1.54, 1.807) is 0 Å². The molecule has 3 nitrogen and oxygen atoms in total. The van der Waals surface area contributed by atoms with Gasteiger partial charge in [0.2, 0.25) is 0 Å². The molecule has 2 rings (SSSR count). The number of sulfone groups is 1. The number of halogens is 1. The highest BCUT2D eigenvalue weighted by molar-refractivity contribution is 9.08. The van der Waals surface area contributed by atoms with Crippen LogP contribution >= 0.6 is 15.9 Å². The summed E-state index contributed by atoms with van der Waals surface area (Å²) in [6.07, 6.45) is 4.56. The molecule has 2 atom stereocenters. The molecule has 0 saturated heterocycles. The van der Waals surface area contributed by atoms with E-state index >= 15 is 0 Å². The summed E-state index contributed by atoms with van der Waals surface area (Å²) in [6, 6.07) is 4.24. The van der Waals surface area contributed by atoms with Gasteiger partial charge >= 0.3 is 0 Å². The molecule has 0 spiro atoms. The molecule has 5 heteroatoms. The first-order valence-corrected chi connectivity index (χ1v) is 10.4. The van der Waals surface area contributed by atoms with E-state index in [2.05, 4.69) is 28.1 Å². The van der Waals surface area contributed by atoms with Crippen molar-refractivity contribution >= 4 is 25.8 Å². The van der Waals surface area contributed by atoms with E-state index in [-0.39, 0.29) is 11.4 Å². The topological polar surface area (TPSA) is 43.4 Å². The molecule has 1 saturated carbocycles. The lowest BCUT2D eigenvalue weighted by atomic mass is 9.96. The Bertz CT molecular complexity index is 587. The van der Waals surface area contributed by atoms with Crippen LogP contribution < -0.4 is 4.74 Å². The van der Waals surface area contributed by atoms with Crippen molar-refractivity contribution in [2.75, 3.05) is 6.26 Å². The highest BCUT2D eigenvalue weighted by Gasteiger charge is 2.30. The molecule has 1 fully saturated rings. The summed E-state index contributed by atoms with van der Waals surface area (Å²) < 4.78 is 29.6. The molecule has 0 radical (unpaired) electrons. The fraction of sp³-hybridized carbons (Fsp3) is 0.625. The van der Waals surface area contributed by atoms with Gasteiger partial charge in [0.1, 0.15) is 15.6 Å². The van der Waals surface area contributed by atoms with Crippen LogP contribution in [0.3, 0.4) is 0 Å². The van der Waals surface area contributed by atoms with Gasteiger partial charge < -0.3 is 4.74 Å². The predicted octanol–water partition coefficient (Wildman–Crippen LogP) is 3.93. The maximum Gasteiger partial charge on any atom is 0.150 e. The van der Waals surface area contributed by atoms with Crippen molar-refractivity contribution in [1.29, 1.82) is 0 Å². The summed E-state index contributed by atoms with van der Waals surface area (Å²) in [7, 11) is -2.97. The number of hydrogen-bond donors (Lipinski definition) is 0. The minimum absolute atomic E-state index is 0.00527. The Morgan fingerprint density at radius 3 is 2.38 bits per heavy atom. The van der Waals surface area contributed by atoms with Crippen LogP contribution in [0.15, 0.2) is 12.1 Å². The van der Waals surface area contributed by atoms with E-state index in [9.17, 15) is 8.42 Å². The second kappa shape index (κ2) is 6.69. The zero-order valence-electron chi connectivity index (χ0n) is 12.9. The molecule has 0 heterocycles. The summed E-state index contributed by atoms with van der Waals surface area (Å²) in [5.41, 5.74) is 3.46. The Morgan fingerprint density at radius 2 is 1.86 bits per heavy atom. The van der Waals surface area contributed by atoms with Gasteiger partial charge in [0.25, 0.3) is 0 Å². The Morgan fingerprint density at radius 1 is 1.24 bits per heavy atom. The second-order valence-corrected chi connectivity index (χ2v) is 8.94. The third-order valence-corrected chi connectivity index (χ3v) is 6.43. The Balaban J connectivity index is 2.15. The molecule has 118 valence electrons. The molecule has 0 aliphatic heterocycles. The maximum atomic E-state index is 11.7. The van der Waals surface area contributed by atoms with Gasteiger partial charge in [-0.3, -0.25) is 0 Å². The molecule has 0 bridgehead atoms. The van der Waals surface area contributed by atoms with Crippen LogP contribution in [0, 0.1) is 13.8 Å². The first-order valence-electron chi connectivity index (χ1n) is 7.33. The number of aryl methyl sites for hydroxylation is 2. The molecule has 1 aliphatic carbocycles. The van der Waals surface area contributed by atoms with Crippen LogP contribution in [0.4, 0.5) is 0 Å². The van der Waals surface area contributed by atoms with E-state index in [0.717, 1.165) is 41.5 Å². The summed E-state index contributed by atoms with van der Waals surface area (Å²) in [4.78, 5) is 0. The SMILES string of the molecule is Cc1cc(CBr)cc(C)c1OC1CCCC(S(C)(=O)=O)C1. The molecule has 0 aromatic heterocycles. The van der Waals surface area contributed by atoms with Gasteiger partial charge in [0.05, 0.1) is 11.4 Å². The average molecular weight is 375 g/mol. The maximum absolute atomic E-state index is 11.7. The second-order valence-electron chi connectivity index (χ2n) is 6.05. The van der Waals surface area contributed by atoms with Crippen LogP contribution in [0.1, 0.15) is 42.4 Å². The quantitative estimate of drug-likeness (QED) is 0.749. The number of ether oxygens (including phenoxy) is 1. The molecule has 1 aromatic carbocycles. The lowest BCUT2D eigenvalue weighted by Gasteiger charge is -2.29.